The predicted molar refractivity (Wildman–Crippen MR) is 112 cm³/mol. The molecule has 3 rings (SSSR count). The molecule has 0 amide bonds. The van der Waals surface area contributed by atoms with Gasteiger partial charge in [0.2, 0.25) is 0 Å². The van der Waals surface area contributed by atoms with Crippen LogP contribution in [0.2, 0.25) is 0 Å². The minimum atomic E-state index is -5.25. The number of nitrogens with one attached hydrogen (secondary N) is 2. The summed E-state index contributed by atoms with van der Waals surface area (Å²) in [7, 11) is -3.61. The van der Waals surface area contributed by atoms with Gasteiger partial charge in [-0.3, -0.25) is 4.99 Å². The molecule has 1 saturated heterocycles. The third-order valence-electron chi connectivity index (χ3n) is 5.13. The molecule has 28 heavy (non-hydrogen) atoms. The maximum absolute atomic E-state index is 12.6. The summed E-state index contributed by atoms with van der Waals surface area (Å²) >= 11 is 0. The van der Waals surface area contributed by atoms with E-state index in [1.54, 1.807) is 7.05 Å². The highest BCUT2D eigenvalue weighted by Crippen LogP contribution is 2.34. The fraction of sp³-hybridized carbons (Fsp3) is 0.588. The Morgan fingerprint density at radius 2 is 1.89 bits per heavy atom. The molecule has 1 aromatic rings. The second-order valence-electron chi connectivity index (χ2n) is 6.82. The Kier molecular flexibility index (Phi) is 7.59. The fourth-order valence-corrected chi connectivity index (χ4v) is 4.52. The number of alkyl halides is 3. The molecule has 1 heterocycles. The Morgan fingerprint density at radius 1 is 1.25 bits per heavy atom. The molecule has 1 atom stereocenters. The van der Waals surface area contributed by atoms with Crippen LogP contribution in [-0.4, -0.2) is 56.9 Å². The van der Waals surface area contributed by atoms with Crippen molar-refractivity contribution in [3.63, 3.8) is 0 Å². The molecule has 0 radical (unpaired) electrons. The number of guanidine groups is 1. The molecule has 1 aliphatic carbocycles. The van der Waals surface area contributed by atoms with Gasteiger partial charge in [-0.25, -0.2) is 8.42 Å². The van der Waals surface area contributed by atoms with Crippen molar-refractivity contribution in [2.24, 2.45) is 4.99 Å². The highest BCUT2D eigenvalue weighted by atomic mass is 127. The number of aliphatic imine (C=N–C) groups is 1. The van der Waals surface area contributed by atoms with Crippen LogP contribution in [0.25, 0.3) is 0 Å². The van der Waals surface area contributed by atoms with E-state index in [4.69, 9.17) is 0 Å². The van der Waals surface area contributed by atoms with E-state index < -0.39 is 15.5 Å². The smallest absolute Gasteiger partial charge is 0.356 e. The molecule has 1 fully saturated rings. The summed E-state index contributed by atoms with van der Waals surface area (Å²) in [4.78, 5) is 4.16. The lowest BCUT2D eigenvalue weighted by Gasteiger charge is -2.34. The second-order valence-corrected chi connectivity index (χ2v) is 8.75. The van der Waals surface area contributed by atoms with Crippen LogP contribution >= 0.6 is 24.0 Å². The molecule has 0 aromatic heterocycles. The zero-order chi connectivity index (χ0) is 19.7. The van der Waals surface area contributed by atoms with E-state index in [1.807, 2.05) is 12.1 Å². The number of sulfonamides is 1. The lowest BCUT2D eigenvalue weighted by atomic mass is 9.78. The van der Waals surface area contributed by atoms with Crippen LogP contribution in [0.4, 0.5) is 13.2 Å². The number of hydrogen-bond acceptors (Lipinski definition) is 3. The lowest BCUT2D eigenvalue weighted by Crippen LogP contribution is -2.52. The summed E-state index contributed by atoms with van der Waals surface area (Å²) in [6.07, 6.45) is 1.60. The first kappa shape index (κ1) is 23.2. The molecule has 0 saturated carbocycles. The Hall–Kier alpha value is -1.08. The van der Waals surface area contributed by atoms with Crippen molar-refractivity contribution in [2.75, 3.05) is 26.7 Å². The number of benzene rings is 1. The van der Waals surface area contributed by atoms with Crippen molar-refractivity contribution >= 4 is 40.0 Å². The Morgan fingerprint density at radius 3 is 2.46 bits per heavy atom. The van der Waals surface area contributed by atoms with Gasteiger partial charge in [0.05, 0.1) is 0 Å². The second kappa shape index (κ2) is 9.16. The van der Waals surface area contributed by atoms with Crippen LogP contribution in [0.3, 0.4) is 0 Å². The summed E-state index contributed by atoms with van der Waals surface area (Å²) in [6.45, 7) is 0.400. The molecule has 0 spiro atoms. The van der Waals surface area contributed by atoms with E-state index in [0.29, 0.717) is 29.0 Å². The molecule has 1 aliphatic heterocycles. The average Bonchev–Trinajstić information content (AvgIpc) is 2.61. The third kappa shape index (κ3) is 4.90. The maximum Gasteiger partial charge on any atom is 0.511 e. The molecule has 0 bridgehead atoms. The van der Waals surface area contributed by atoms with Crippen molar-refractivity contribution in [1.82, 2.24) is 14.9 Å². The van der Waals surface area contributed by atoms with Crippen LogP contribution in [0.1, 0.15) is 29.9 Å². The van der Waals surface area contributed by atoms with E-state index >= 15 is 0 Å². The Balaban J connectivity index is 0.00000280. The molecule has 11 heteroatoms. The van der Waals surface area contributed by atoms with Crippen molar-refractivity contribution in [3.05, 3.63) is 35.4 Å². The highest BCUT2D eigenvalue weighted by Gasteiger charge is 2.50. The van der Waals surface area contributed by atoms with Gasteiger partial charge in [-0.1, -0.05) is 24.3 Å². The molecule has 6 nitrogen and oxygen atoms in total. The van der Waals surface area contributed by atoms with Gasteiger partial charge in [0, 0.05) is 38.6 Å². The summed E-state index contributed by atoms with van der Waals surface area (Å²) in [5, 5.41) is 6.43. The highest BCUT2D eigenvalue weighted by molar-refractivity contribution is 14.0. The molecule has 158 valence electrons. The first-order valence-electron chi connectivity index (χ1n) is 8.84. The average molecular weight is 532 g/mol. The van der Waals surface area contributed by atoms with Crippen LogP contribution in [-0.2, 0) is 16.4 Å². The summed E-state index contributed by atoms with van der Waals surface area (Å²) in [6, 6.07) is 8.14. The summed E-state index contributed by atoms with van der Waals surface area (Å²) < 4.78 is 61.3. The topological polar surface area (TPSA) is 73.8 Å². The number of nitrogens with zero attached hydrogens (tertiary/aromatic N) is 2. The predicted octanol–water partition coefficient (Wildman–Crippen LogP) is 2.42. The van der Waals surface area contributed by atoms with Crippen molar-refractivity contribution in [2.45, 2.75) is 36.7 Å². The standard InChI is InChI=1S/C17H23F3N4O2S.HI/c1-21-16(22-11-13-10-12-4-2-3-5-15(12)13)23-14-6-8-24(9-7-14)27(25,26)17(18,19)20;/h2-5,13-14H,6-11H2,1H3,(H2,21,22,23);1H. The van der Waals surface area contributed by atoms with Crippen LogP contribution < -0.4 is 10.6 Å². The van der Waals surface area contributed by atoms with E-state index in [0.717, 1.165) is 13.0 Å². The van der Waals surface area contributed by atoms with Gasteiger partial charge in [0.25, 0.3) is 0 Å². The first-order chi connectivity index (χ1) is 12.7. The minimum absolute atomic E-state index is 0. The van der Waals surface area contributed by atoms with Gasteiger partial charge in [-0.2, -0.15) is 17.5 Å². The fourth-order valence-electron chi connectivity index (χ4n) is 3.54. The van der Waals surface area contributed by atoms with Gasteiger partial charge in [-0.15, -0.1) is 24.0 Å². The third-order valence-corrected chi connectivity index (χ3v) is 6.76. The molecule has 1 unspecified atom stereocenters. The van der Waals surface area contributed by atoms with Crippen LogP contribution in [0.15, 0.2) is 29.3 Å². The quantitative estimate of drug-likeness (QED) is 0.355. The molecular weight excluding hydrogens is 508 g/mol. The Labute approximate surface area is 180 Å². The monoisotopic (exact) mass is 532 g/mol. The van der Waals surface area contributed by atoms with Crippen LogP contribution in [0.5, 0.6) is 0 Å². The van der Waals surface area contributed by atoms with Gasteiger partial charge in [-0.05, 0) is 30.4 Å². The summed E-state index contributed by atoms with van der Waals surface area (Å²) in [5.74, 6) is 0.995. The largest absolute Gasteiger partial charge is 0.511 e. The Bertz CT molecular complexity index is 809. The van der Waals surface area contributed by atoms with Crippen LogP contribution in [0, 0.1) is 0 Å². The van der Waals surface area contributed by atoms with E-state index in [1.165, 1.54) is 11.1 Å². The molecular formula is C17H24F3IN4O2S. The van der Waals surface area contributed by atoms with E-state index in [-0.39, 0.29) is 43.1 Å². The molecule has 1 aromatic carbocycles. The van der Waals surface area contributed by atoms with Crippen molar-refractivity contribution in [3.8, 4) is 0 Å². The van der Waals surface area contributed by atoms with Gasteiger partial charge in [0.15, 0.2) is 5.96 Å². The maximum atomic E-state index is 12.6. The molecule has 2 aliphatic rings. The zero-order valence-corrected chi connectivity index (χ0v) is 18.5. The number of rotatable bonds is 4. The van der Waals surface area contributed by atoms with E-state index in [2.05, 4.69) is 27.8 Å². The van der Waals surface area contributed by atoms with Gasteiger partial charge in [0.1, 0.15) is 0 Å². The summed E-state index contributed by atoms with van der Waals surface area (Å²) in [5.41, 5.74) is -2.57. The zero-order valence-electron chi connectivity index (χ0n) is 15.4. The van der Waals surface area contributed by atoms with Crippen molar-refractivity contribution in [1.29, 1.82) is 0 Å². The minimum Gasteiger partial charge on any atom is -0.356 e. The molecule has 2 N–H and O–H groups in total. The first-order valence-corrected chi connectivity index (χ1v) is 10.3. The van der Waals surface area contributed by atoms with Gasteiger partial charge < -0.3 is 10.6 Å². The number of hydrogen-bond donors (Lipinski definition) is 2. The normalized spacial score (nSPS) is 21.3. The van der Waals surface area contributed by atoms with Crippen molar-refractivity contribution < 1.29 is 21.6 Å². The lowest BCUT2D eigenvalue weighted by molar-refractivity contribution is -0.0494. The number of halogens is 4. The number of fused-ring (bicyclic) bond motifs is 1. The SMILES string of the molecule is CN=C(NCC1Cc2ccccc21)NC1CCN(S(=O)(=O)C(F)(F)F)CC1.I. The number of piperidine rings is 1. The van der Waals surface area contributed by atoms with E-state index in [9.17, 15) is 21.6 Å². The van der Waals surface area contributed by atoms with Gasteiger partial charge >= 0.3 is 15.5 Å².